The van der Waals surface area contributed by atoms with E-state index in [1.165, 1.54) is 19.2 Å². The maximum Gasteiger partial charge on any atom is 0.410 e. The fourth-order valence-corrected chi connectivity index (χ4v) is 2.06. The summed E-state index contributed by atoms with van der Waals surface area (Å²) in [5.74, 6) is 4.95. The second-order valence-electron chi connectivity index (χ2n) is 4.98. The van der Waals surface area contributed by atoms with Crippen molar-refractivity contribution in [2.45, 2.75) is 32.6 Å². The third-order valence-corrected chi connectivity index (χ3v) is 3.13. The maximum absolute atomic E-state index is 13.1. The molecule has 0 aliphatic rings. The average Bonchev–Trinajstić information content (AvgIpc) is 2.50. The largest absolute Gasteiger partial charge is 0.410 e. The monoisotopic (exact) mass is 320 g/mol. The number of hydrogen-bond acceptors (Lipinski definition) is 4. The Bertz CT molecular complexity index is 637. The lowest BCUT2D eigenvalue weighted by atomic mass is 10.1. The predicted molar refractivity (Wildman–Crippen MR) is 90.5 cm³/mol. The Balaban J connectivity index is 2.85. The van der Waals surface area contributed by atoms with Crippen molar-refractivity contribution >= 4 is 12.1 Å². The fourth-order valence-electron chi connectivity index (χ4n) is 2.06. The number of nitrogens with two attached hydrogens (primary N) is 2. The number of nitroso groups, excluding NO2 is 1. The van der Waals surface area contributed by atoms with Crippen LogP contribution in [0.25, 0.3) is 0 Å². The molecule has 0 aliphatic heterocycles. The number of hydrazine groups is 1. The molecule has 0 bridgehead atoms. The zero-order valence-electron chi connectivity index (χ0n) is 13.5. The maximum atomic E-state index is 13.1. The van der Waals surface area contributed by atoms with Gasteiger partial charge in [-0.1, -0.05) is 30.5 Å². The van der Waals surface area contributed by atoms with Crippen LogP contribution in [0.5, 0.6) is 0 Å². The van der Waals surface area contributed by atoms with Crippen molar-refractivity contribution in [1.29, 1.82) is 0 Å². The fraction of sp³-hybridized carbons (Fsp3) is 0.375. The van der Waals surface area contributed by atoms with E-state index in [4.69, 9.17) is 11.6 Å². The molecule has 1 aromatic rings. The summed E-state index contributed by atoms with van der Waals surface area (Å²) in [7, 11) is 1.45. The second-order valence-corrected chi connectivity index (χ2v) is 4.98. The molecule has 1 aromatic carbocycles. The van der Waals surface area contributed by atoms with Crippen molar-refractivity contribution in [3.63, 3.8) is 0 Å². The van der Waals surface area contributed by atoms with Crippen molar-refractivity contribution in [3.05, 3.63) is 51.9 Å². The summed E-state index contributed by atoms with van der Waals surface area (Å²) < 4.78 is 13.1. The minimum absolute atomic E-state index is 0.0158. The van der Waals surface area contributed by atoms with Crippen LogP contribution >= 0.6 is 0 Å². The first-order chi connectivity index (χ1) is 11.0. The lowest BCUT2D eigenvalue weighted by Gasteiger charge is -2.03. The van der Waals surface area contributed by atoms with E-state index in [2.05, 4.69) is 9.98 Å². The van der Waals surface area contributed by atoms with Gasteiger partial charge in [0.05, 0.1) is 4.87 Å². The molecule has 0 radical (unpaired) electrons. The van der Waals surface area contributed by atoms with Gasteiger partial charge in [-0.15, -0.1) is 0 Å². The van der Waals surface area contributed by atoms with E-state index in [1.54, 1.807) is 12.3 Å². The Kier molecular flexibility index (Phi) is 7.59. The lowest BCUT2D eigenvalue weighted by Crippen LogP contribution is -2.27. The molecule has 124 valence electrons. The Labute approximate surface area is 135 Å². The Morgan fingerprint density at radius 1 is 1.43 bits per heavy atom. The van der Waals surface area contributed by atoms with Gasteiger partial charge in [-0.05, 0) is 41.9 Å². The molecule has 7 heteroatoms. The number of rotatable bonds is 7. The topological polar surface area (TPSA) is 96.8 Å². The second kappa shape index (κ2) is 9.45. The molecular weight excluding hydrogens is 297 g/mol. The SMILES string of the molecule is CCCC(N)=C(N=CCCc1cccc(F)c1)C(=NC)[N+](N)=O. The summed E-state index contributed by atoms with van der Waals surface area (Å²) in [6.45, 7) is 1.97. The van der Waals surface area contributed by atoms with Crippen LogP contribution in [-0.2, 0) is 6.42 Å². The molecule has 0 fully saturated rings. The number of aliphatic imine (C=N–C) groups is 2. The van der Waals surface area contributed by atoms with E-state index in [9.17, 15) is 9.30 Å². The zero-order valence-corrected chi connectivity index (χ0v) is 13.5. The minimum Gasteiger partial charge on any atom is -0.400 e. The first-order valence-corrected chi connectivity index (χ1v) is 7.44. The van der Waals surface area contributed by atoms with Crippen molar-refractivity contribution in [2.75, 3.05) is 7.05 Å². The van der Waals surface area contributed by atoms with Crippen molar-refractivity contribution < 1.29 is 9.26 Å². The smallest absolute Gasteiger partial charge is 0.400 e. The van der Waals surface area contributed by atoms with Gasteiger partial charge in [0.2, 0.25) is 0 Å². The lowest BCUT2D eigenvalue weighted by molar-refractivity contribution is -0.442. The van der Waals surface area contributed by atoms with Crippen molar-refractivity contribution in [3.8, 4) is 0 Å². The summed E-state index contributed by atoms with van der Waals surface area (Å²) >= 11 is 0. The van der Waals surface area contributed by atoms with E-state index >= 15 is 0 Å². The molecular formula is C16H23FN5O+. The minimum atomic E-state index is -0.266. The van der Waals surface area contributed by atoms with E-state index in [0.717, 1.165) is 12.0 Å². The number of hydrogen-bond donors (Lipinski definition) is 2. The van der Waals surface area contributed by atoms with E-state index in [0.29, 0.717) is 25.0 Å². The molecule has 0 aliphatic carbocycles. The van der Waals surface area contributed by atoms with Gasteiger partial charge in [-0.25, -0.2) is 10.2 Å². The molecule has 0 atom stereocenters. The Morgan fingerprint density at radius 3 is 2.74 bits per heavy atom. The third kappa shape index (κ3) is 5.98. The number of halogens is 1. The zero-order chi connectivity index (χ0) is 17.2. The van der Waals surface area contributed by atoms with E-state index in [1.807, 2.05) is 13.0 Å². The quantitative estimate of drug-likeness (QED) is 0.265. The highest BCUT2D eigenvalue weighted by Crippen LogP contribution is 2.10. The Hall–Kier alpha value is -2.57. The number of allylic oxidation sites excluding steroid dienone is 1. The van der Waals surface area contributed by atoms with Crippen LogP contribution in [0.1, 0.15) is 31.7 Å². The number of benzene rings is 1. The third-order valence-electron chi connectivity index (χ3n) is 3.13. The standard InChI is InChI=1S/C16H23FN5O/c1-3-6-14(18)15(16(20-2)22(19)23)21-10-5-8-12-7-4-9-13(17)11-12/h4,7,9-11H,3,5-6,8,18H2,1-2H3,(H2,19,23)/q+1. The molecule has 23 heavy (non-hydrogen) atoms. The van der Waals surface area contributed by atoms with Gasteiger partial charge >= 0.3 is 5.84 Å². The van der Waals surface area contributed by atoms with E-state index < -0.39 is 0 Å². The normalized spacial score (nSPS) is 13.3. The highest BCUT2D eigenvalue weighted by molar-refractivity contribution is 5.93. The van der Waals surface area contributed by atoms with Crippen LogP contribution in [0.2, 0.25) is 0 Å². The van der Waals surface area contributed by atoms with Gasteiger partial charge in [0, 0.05) is 11.9 Å². The number of nitrogens with zero attached hydrogens (tertiary/aromatic N) is 3. The first kappa shape index (κ1) is 18.5. The molecule has 0 spiro atoms. The van der Waals surface area contributed by atoms with Crippen LogP contribution in [0.15, 0.2) is 45.6 Å². The van der Waals surface area contributed by atoms with Gasteiger partial charge < -0.3 is 5.73 Å². The van der Waals surface area contributed by atoms with Crippen LogP contribution < -0.4 is 11.6 Å². The first-order valence-electron chi connectivity index (χ1n) is 7.44. The van der Waals surface area contributed by atoms with Gasteiger partial charge in [-0.3, -0.25) is 4.99 Å². The molecule has 0 saturated carbocycles. The Morgan fingerprint density at radius 2 is 2.17 bits per heavy atom. The average molecular weight is 320 g/mol. The highest BCUT2D eigenvalue weighted by atomic mass is 19.1. The molecule has 0 amide bonds. The van der Waals surface area contributed by atoms with E-state index in [-0.39, 0.29) is 22.2 Å². The van der Waals surface area contributed by atoms with Crippen LogP contribution in [0, 0.1) is 10.7 Å². The highest BCUT2D eigenvalue weighted by Gasteiger charge is 2.22. The molecule has 4 N–H and O–H groups in total. The van der Waals surface area contributed by atoms with Gasteiger partial charge in [-0.2, -0.15) is 0 Å². The van der Waals surface area contributed by atoms with Gasteiger partial charge in [0.1, 0.15) is 12.9 Å². The number of amidine groups is 1. The van der Waals surface area contributed by atoms with Crippen LogP contribution in [0.4, 0.5) is 4.39 Å². The summed E-state index contributed by atoms with van der Waals surface area (Å²) in [4.78, 5) is 19.6. The van der Waals surface area contributed by atoms with Crippen LogP contribution in [-0.4, -0.2) is 24.0 Å². The molecule has 0 unspecified atom stereocenters. The molecule has 6 nitrogen and oxygen atoms in total. The van der Waals surface area contributed by atoms with Crippen molar-refractivity contribution in [2.24, 2.45) is 21.6 Å². The molecule has 0 saturated heterocycles. The van der Waals surface area contributed by atoms with Crippen molar-refractivity contribution in [1.82, 2.24) is 0 Å². The molecule has 0 heterocycles. The van der Waals surface area contributed by atoms with Gasteiger partial charge in [0.15, 0.2) is 5.70 Å². The summed E-state index contributed by atoms with van der Waals surface area (Å²) in [5, 5.41) is 0. The summed E-state index contributed by atoms with van der Waals surface area (Å²) in [6.07, 6.45) is 4.24. The van der Waals surface area contributed by atoms with Crippen LogP contribution in [0.3, 0.4) is 0 Å². The number of aryl methyl sites for hydroxylation is 1. The summed E-state index contributed by atoms with van der Waals surface area (Å²) in [5.41, 5.74) is 7.59. The predicted octanol–water partition coefficient (Wildman–Crippen LogP) is 2.48. The summed E-state index contributed by atoms with van der Waals surface area (Å²) in [6, 6.07) is 6.39. The van der Waals surface area contributed by atoms with Gasteiger partial charge in [0.25, 0.3) is 0 Å². The molecule has 1 rings (SSSR count). The molecule has 0 aromatic heterocycles.